The van der Waals surface area contributed by atoms with E-state index >= 15 is 0 Å². The van der Waals surface area contributed by atoms with Gasteiger partial charge in [-0.2, -0.15) is 0 Å². The molecule has 1 atom stereocenters. The molecule has 124 valence electrons. The van der Waals surface area contributed by atoms with Gasteiger partial charge in [0.1, 0.15) is 11.6 Å². The molecule has 3 N–H and O–H groups in total. The van der Waals surface area contributed by atoms with Gasteiger partial charge in [0.15, 0.2) is 0 Å². The van der Waals surface area contributed by atoms with Gasteiger partial charge in [-0.1, -0.05) is 6.42 Å². The molecule has 0 radical (unpaired) electrons. The summed E-state index contributed by atoms with van der Waals surface area (Å²) in [5, 5.41) is 2.43. The van der Waals surface area contributed by atoms with Crippen LogP contribution >= 0.6 is 12.4 Å². The van der Waals surface area contributed by atoms with Crippen LogP contribution in [0.5, 0.6) is 0 Å². The molecule has 7 heteroatoms. The topological polar surface area (TPSA) is 58.4 Å². The van der Waals surface area contributed by atoms with Crippen molar-refractivity contribution in [2.45, 2.75) is 31.7 Å². The van der Waals surface area contributed by atoms with Crippen molar-refractivity contribution < 1.29 is 13.6 Å². The van der Waals surface area contributed by atoms with Gasteiger partial charge in [0.05, 0.1) is 12.2 Å². The summed E-state index contributed by atoms with van der Waals surface area (Å²) in [6, 6.07) is 3.31. The predicted molar refractivity (Wildman–Crippen MR) is 85.1 cm³/mol. The van der Waals surface area contributed by atoms with Crippen LogP contribution in [0.1, 0.15) is 25.7 Å². The highest BCUT2D eigenvalue weighted by atomic mass is 35.5. The number of carbonyl (C=O) groups is 1. The van der Waals surface area contributed by atoms with Gasteiger partial charge in [0.2, 0.25) is 5.91 Å². The smallest absolute Gasteiger partial charge is 0.238 e. The molecule has 1 aliphatic heterocycles. The fraction of sp³-hybridized carbons (Fsp3) is 0.533. The molecule has 1 unspecified atom stereocenters. The number of benzene rings is 1. The van der Waals surface area contributed by atoms with Crippen LogP contribution in [0.25, 0.3) is 0 Å². The molecule has 1 aromatic rings. The zero-order valence-corrected chi connectivity index (χ0v) is 13.2. The highest BCUT2D eigenvalue weighted by molar-refractivity contribution is 5.92. The Hall–Kier alpha value is -1.24. The Morgan fingerprint density at radius 1 is 1.36 bits per heavy atom. The number of nitrogens with two attached hydrogens (primary N) is 1. The molecule has 0 aromatic heterocycles. The third kappa shape index (κ3) is 5.19. The van der Waals surface area contributed by atoms with E-state index in [4.69, 9.17) is 5.73 Å². The fourth-order valence-corrected chi connectivity index (χ4v) is 2.75. The van der Waals surface area contributed by atoms with Crippen LogP contribution in [0.4, 0.5) is 14.5 Å². The lowest BCUT2D eigenvalue weighted by atomic mass is 9.99. The van der Waals surface area contributed by atoms with Crippen molar-refractivity contribution >= 4 is 24.0 Å². The van der Waals surface area contributed by atoms with Gasteiger partial charge in [0.25, 0.3) is 0 Å². The van der Waals surface area contributed by atoms with E-state index in [1.807, 2.05) is 0 Å². The van der Waals surface area contributed by atoms with Crippen LogP contribution in [0.15, 0.2) is 18.2 Å². The fourth-order valence-electron chi connectivity index (χ4n) is 2.75. The first-order valence-corrected chi connectivity index (χ1v) is 7.29. The average Bonchev–Trinajstić information content (AvgIpc) is 2.45. The molecule has 0 spiro atoms. The molecule has 1 aliphatic rings. The number of carbonyl (C=O) groups excluding carboxylic acids is 1. The molecule has 1 fully saturated rings. The molecule has 1 aromatic carbocycles. The number of amides is 1. The molecule has 1 saturated heterocycles. The monoisotopic (exact) mass is 333 g/mol. The van der Waals surface area contributed by atoms with E-state index in [1.165, 1.54) is 0 Å². The van der Waals surface area contributed by atoms with Gasteiger partial charge >= 0.3 is 0 Å². The number of piperidine rings is 1. The molecular weight excluding hydrogens is 312 g/mol. The summed E-state index contributed by atoms with van der Waals surface area (Å²) in [6.45, 7) is 1.60. The Morgan fingerprint density at radius 2 is 2.14 bits per heavy atom. The predicted octanol–water partition coefficient (Wildman–Crippen LogP) is 2.53. The van der Waals surface area contributed by atoms with Crippen molar-refractivity contribution in [2.24, 2.45) is 5.73 Å². The van der Waals surface area contributed by atoms with Gasteiger partial charge in [-0.25, -0.2) is 8.78 Å². The third-order valence-electron chi connectivity index (χ3n) is 3.80. The standard InChI is InChI=1S/C15H21F2N3O.ClH/c16-11-4-5-13(17)14(9-11)19-15(21)10-20-8-2-1-3-12(20)6-7-18;/h4-5,9,12H,1-3,6-8,10,18H2,(H,19,21);1H. The summed E-state index contributed by atoms with van der Waals surface area (Å²) in [5.41, 5.74) is 5.48. The number of nitrogens with one attached hydrogen (secondary N) is 1. The third-order valence-corrected chi connectivity index (χ3v) is 3.80. The molecule has 4 nitrogen and oxygen atoms in total. The zero-order chi connectivity index (χ0) is 15.2. The number of halogens is 3. The first-order valence-electron chi connectivity index (χ1n) is 7.29. The minimum Gasteiger partial charge on any atom is -0.330 e. The summed E-state index contributed by atoms with van der Waals surface area (Å²) < 4.78 is 26.6. The number of nitrogens with zero attached hydrogens (tertiary/aromatic N) is 1. The lowest BCUT2D eigenvalue weighted by Gasteiger charge is -2.35. The van der Waals surface area contributed by atoms with Crippen LogP contribution in [-0.2, 0) is 4.79 Å². The van der Waals surface area contributed by atoms with Crippen molar-refractivity contribution in [3.63, 3.8) is 0 Å². The number of anilines is 1. The summed E-state index contributed by atoms with van der Waals surface area (Å²) in [6.07, 6.45) is 4.06. The van der Waals surface area contributed by atoms with Gasteiger partial charge in [0, 0.05) is 12.1 Å². The van der Waals surface area contributed by atoms with Crippen LogP contribution in [0.3, 0.4) is 0 Å². The summed E-state index contributed by atoms with van der Waals surface area (Å²) in [4.78, 5) is 14.1. The number of rotatable bonds is 5. The van der Waals surface area contributed by atoms with Gasteiger partial charge < -0.3 is 11.1 Å². The van der Waals surface area contributed by atoms with Gasteiger partial charge in [-0.05, 0) is 44.5 Å². The Morgan fingerprint density at radius 3 is 2.86 bits per heavy atom. The van der Waals surface area contributed by atoms with Crippen LogP contribution in [-0.4, -0.2) is 36.5 Å². The lowest BCUT2D eigenvalue weighted by molar-refractivity contribution is -0.118. The lowest BCUT2D eigenvalue weighted by Crippen LogP contribution is -2.44. The normalized spacial score (nSPS) is 18.6. The van der Waals surface area contributed by atoms with Crippen molar-refractivity contribution in [1.82, 2.24) is 4.90 Å². The Bertz CT molecular complexity index is 500. The summed E-state index contributed by atoms with van der Waals surface area (Å²) >= 11 is 0. The quantitative estimate of drug-likeness (QED) is 0.870. The summed E-state index contributed by atoms with van der Waals surface area (Å²) in [7, 11) is 0. The zero-order valence-electron chi connectivity index (χ0n) is 12.4. The van der Waals surface area contributed by atoms with E-state index < -0.39 is 11.6 Å². The van der Waals surface area contributed by atoms with Crippen LogP contribution in [0, 0.1) is 11.6 Å². The molecule has 2 rings (SSSR count). The first kappa shape index (κ1) is 18.8. The Balaban J connectivity index is 0.00000242. The van der Waals surface area contributed by atoms with Gasteiger partial charge in [-0.15, -0.1) is 12.4 Å². The molecule has 1 amide bonds. The van der Waals surface area contributed by atoms with Gasteiger partial charge in [-0.3, -0.25) is 9.69 Å². The molecule has 0 saturated carbocycles. The Labute approximate surface area is 135 Å². The van der Waals surface area contributed by atoms with Crippen LogP contribution < -0.4 is 11.1 Å². The number of likely N-dealkylation sites (tertiary alicyclic amines) is 1. The van der Waals surface area contributed by atoms with Crippen molar-refractivity contribution in [3.05, 3.63) is 29.8 Å². The molecule has 0 bridgehead atoms. The minimum absolute atomic E-state index is 0. The summed E-state index contributed by atoms with van der Waals surface area (Å²) in [5.74, 6) is -1.55. The first-order chi connectivity index (χ1) is 10.1. The minimum atomic E-state index is -0.637. The highest BCUT2D eigenvalue weighted by Crippen LogP contribution is 2.20. The maximum absolute atomic E-state index is 13.5. The van der Waals surface area contributed by atoms with E-state index in [2.05, 4.69) is 10.2 Å². The molecule has 0 aliphatic carbocycles. The highest BCUT2D eigenvalue weighted by Gasteiger charge is 2.23. The number of hydrogen-bond acceptors (Lipinski definition) is 3. The largest absolute Gasteiger partial charge is 0.330 e. The maximum atomic E-state index is 13.5. The second kappa shape index (κ2) is 9.02. The van der Waals surface area contributed by atoms with E-state index in [-0.39, 0.29) is 30.5 Å². The van der Waals surface area contributed by atoms with E-state index in [9.17, 15) is 13.6 Å². The van der Waals surface area contributed by atoms with Crippen molar-refractivity contribution in [2.75, 3.05) is 25.0 Å². The Kier molecular flexibility index (Phi) is 7.72. The average molecular weight is 334 g/mol. The second-order valence-corrected chi connectivity index (χ2v) is 5.37. The molecule has 1 heterocycles. The van der Waals surface area contributed by atoms with Crippen molar-refractivity contribution in [3.8, 4) is 0 Å². The number of hydrogen-bond donors (Lipinski definition) is 2. The van der Waals surface area contributed by atoms with Crippen LogP contribution in [0.2, 0.25) is 0 Å². The van der Waals surface area contributed by atoms with E-state index in [0.717, 1.165) is 50.4 Å². The van der Waals surface area contributed by atoms with Crippen molar-refractivity contribution in [1.29, 1.82) is 0 Å². The second-order valence-electron chi connectivity index (χ2n) is 5.37. The molecule has 22 heavy (non-hydrogen) atoms. The molecular formula is C15H22ClF2N3O. The maximum Gasteiger partial charge on any atom is 0.238 e. The van der Waals surface area contributed by atoms with E-state index in [1.54, 1.807) is 0 Å². The SMILES string of the molecule is Cl.NCCC1CCCCN1CC(=O)Nc1cc(F)ccc1F. The van der Waals surface area contributed by atoms with E-state index in [0.29, 0.717) is 12.6 Å².